The fraction of sp³-hybridized carbons (Fsp3) is 0.333. The molecule has 3 rings (SSSR count). The predicted molar refractivity (Wildman–Crippen MR) is 81.9 cm³/mol. The van der Waals surface area contributed by atoms with Crippen LogP contribution in [0.5, 0.6) is 11.5 Å². The number of methoxy groups -OCH3 is 1. The summed E-state index contributed by atoms with van der Waals surface area (Å²) in [5.74, 6) is 1.75. The lowest BCUT2D eigenvalue weighted by Crippen LogP contribution is -2.02. The fourth-order valence-electron chi connectivity index (χ4n) is 2.80. The average molecular weight is 284 g/mol. The topological polar surface area (TPSA) is 38.7 Å². The molecule has 0 amide bonds. The van der Waals surface area contributed by atoms with Gasteiger partial charge in [-0.15, -0.1) is 0 Å². The molecule has 2 aromatic rings. The largest absolute Gasteiger partial charge is 0.496 e. The number of aliphatic hydroxyl groups is 1. The molecule has 0 aliphatic carbocycles. The third-order valence-corrected chi connectivity index (χ3v) is 3.96. The van der Waals surface area contributed by atoms with Crippen LogP contribution in [0.3, 0.4) is 0 Å². The van der Waals surface area contributed by atoms with Gasteiger partial charge in [0.25, 0.3) is 0 Å². The second-order valence-corrected chi connectivity index (χ2v) is 5.34. The number of fused-ring (bicyclic) bond motifs is 1. The smallest absolute Gasteiger partial charge is 0.124 e. The molecular formula is C18H20O3. The number of aryl methyl sites for hydroxylation is 1. The van der Waals surface area contributed by atoms with Crippen LogP contribution in [0.1, 0.15) is 29.2 Å². The summed E-state index contributed by atoms with van der Waals surface area (Å²) in [6.45, 7) is 0.780. The normalized spacial score (nSPS) is 14.4. The molecule has 1 heterocycles. The first kappa shape index (κ1) is 14.0. The van der Waals surface area contributed by atoms with Gasteiger partial charge >= 0.3 is 0 Å². The zero-order chi connectivity index (χ0) is 14.7. The fourth-order valence-corrected chi connectivity index (χ4v) is 2.80. The van der Waals surface area contributed by atoms with Gasteiger partial charge < -0.3 is 14.6 Å². The zero-order valence-corrected chi connectivity index (χ0v) is 12.2. The van der Waals surface area contributed by atoms with Crippen molar-refractivity contribution < 1.29 is 14.6 Å². The van der Waals surface area contributed by atoms with E-state index in [0.29, 0.717) is 6.42 Å². The Morgan fingerprint density at radius 2 is 2.10 bits per heavy atom. The molecule has 0 saturated heterocycles. The van der Waals surface area contributed by atoms with Crippen LogP contribution < -0.4 is 9.47 Å². The highest BCUT2D eigenvalue weighted by Gasteiger charge is 2.15. The van der Waals surface area contributed by atoms with Gasteiger partial charge in [0.1, 0.15) is 11.5 Å². The van der Waals surface area contributed by atoms with Crippen molar-refractivity contribution in [3.8, 4) is 11.5 Å². The molecule has 21 heavy (non-hydrogen) atoms. The van der Waals surface area contributed by atoms with E-state index in [4.69, 9.17) is 9.47 Å². The number of hydrogen-bond acceptors (Lipinski definition) is 3. The van der Waals surface area contributed by atoms with Gasteiger partial charge in [0.15, 0.2) is 0 Å². The van der Waals surface area contributed by atoms with Crippen LogP contribution in [-0.2, 0) is 12.8 Å². The summed E-state index contributed by atoms with van der Waals surface area (Å²) in [5.41, 5.74) is 3.37. The summed E-state index contributed by atoms with van der Waals surface area (Å²) in [6, 6.07) is 13.9. The maximum absolute atomic E-state index is 10.4. The van der Waals surface area contributed by atoms with Crippen molar-refractivity contribution in [2.75, 3.05) is 13.7 Å². The molecule has 3 heteroatoms. The van der Waals surface area contributed by atoms with Gasteiger partial charge in [-0.1, -0.05) is 30.3 Å². The molecule has 0 bridgehead atoms. The van der Waals surface area contributed by atoms with Gasteiger partial charge in [-0.25, -0.2) is 0 Å². The first-order valence-electron chi connectivity index (χ1n) is 7.33. The summed E-state index contributed by atoms with van der Waals surface area (Å²) in [4.78, 5) is 0. The van der Waals surface area contributed by atoms with Crippen LogP contribution in [0.4, 0.5) is 0 Å². The van der Waals surface area contributed by atoms with E-state index in [1.165, 1.54) is 11.1 Å². The number of hydrogen-bond donors (Lipinski definition) is 1. The van der Waals surface area contributed by atoms with Gasteiger partial charge in [-0.3, -0.25) is 0 Å². The van der Waals surface area contributed by atoms with Gasteiger partial charge in [0, 0.05) is 12.0 Å². The van der Waals surface area contributed by atoms with Gasteiger partial charge in [-0.05, 0) is 36.1 Å². The summed E-state index contributed by atoms with van der Waals surface area (Å²) < 4.78 is 10.8. The summed E-state index contributed by atoms with van der Waals surface area (Å²) in [6.07, 6.45) is 2.00. The lowest BCUT2D eigenvalue weighted by atomic mass is 9.99. The summed E-state index contributed by atoms with van der Waals surface area (Å²) in [7, 11) is 1.63. The molecule has 1 aliphatic heterocycles. The Labute approximate surface area is 125 Å². The number of aliphatic hydroxyl groups excluding tert-OH is 1. The van der Waals surface area contributed by atoms with Crippen LogP contribution in [0.25, 0.3) is 0 Å². The number of rotatable bonds is 5. The maximum atomic E-state index is 10.4. The molecule has 1 aliphatic rings. The van der Waals surface area contributed by atoms with Crippen molar-refractivity contribution in [1.29, 1.82) is 0 Å². The minimum Gasteiger partial charge on any atom is -0.496 e. The lowest BCUT2D eigenvalue weighted by Gasteiger charge is -2.14. The maximum Gasteiger partial charge on any atom is 0.124 e. The van der Waals surface area contributed by atoms with Crippen LogP contribution >= 0.6 is 0 Å². The molecule has 110 valence electrons. The van der Waals surface area contributed by atoms with Crippen LogP contribution in [0, 0.1) is 0 Å². The van der Waals surface area contributed by atoms with Crippen molar-refractivity contribution in [2.45, 2.75) is 25.4 Å². The monoisotopic (exact) mass is 284 g/mol. The second-order valence-electron chi connectivity index (χ2n) is 5.34. The molecule has 1 N–H and O–H groups in total. The number of benzene rings is 2. The summed E-state index contributed by atoms with van der Waals surface area (Å²) in [5, 5.41) is 10.4. The minimum atomic E-state index is -0.509. The Balaban J connectivity index is 1.67. The zero-order valence-electron chi connectivity index (χ0n) is 12.2. The highest BCUT2D eigenvalue weighted by Crippen LogP contribution is 2.30. The third kappa shape index (κ3) is 3.03. The van der Waals surface area contributed by atoms with Crippen molar-refractivity contribution in [1.82, 2.24) is 0 Å². The predicted octanol–water partition coefficient (Wildman–Crippen LogP) is 3.30. The first-order valence-corrected chi connectivity index (χ1v) is 7.33. The van der Waals surface area contributed by atoms with Crippen LogP contribution in [0.15, 0.2) is 42.5 Å². The van der Waals surface area contributed by atoms with Crippen LogP contribution in [-0.4, -0.2) is 18.8 Å². The average Bonchev–Trinajstić information content (AvgIpc) is 3.00. The number of para-hydroxylation sites is 1. The molecule has 1 atom stereocenters. The van der Waals surface area contributed by atoms with E-state index < -0.39 is 6.10 Å². The Morgan fingerprint density at radius 3 is 2.95 bits per heavy atom. The highest BCUT2D eigenvalue weighted by atomic mass is 16.5. The van der Waals surface area contributed by atoms with Crippen molar-refractivity contribution in [2.24, 2.45) is 0 Å². The summed E-state index contributed by atoms with van der Waals surface area (Å²) >= 11 is 0. The third-order valence-electron chi connectivity index (χ3n) is 3.96. The molecule has 3 nitrogen and oxygen atoms in total. The van der Waals surface area contributed by atoms with Crippen molar-refractivity contribution in [3.05, 3.63) is 59.2 Å². The van der Waals surface area contributed by atoms with Crippen LogP contribution in [0.2, 0.25) is 0 Å². The van der Waals surface area contributed by atoms with E-state index in [0.717, 1.165) is 36.5 Å². The minimum absolute atomic E-state index is 0.509. The van der Waals surface area contributed by atoms with E-state index in [9.17, 15) is 5.11 Å². The van der Waals surface area contributed by atoms with E-state index in [2.05, 4.69) is 12.1 Å². The molecule has 0 saturated carbocycles. The molecule has 2 aromatic carbocycles. The molecule has 0 fully saturated rings. The second kappa shape index (κ2) is 6.19. The van der Waals surface area contributed by atoms with Gasteiger partial charge in [0.05, 0.1) is 19.8 Å². The molecule has 0 spiro atoms. The van der Waals surface area contributed by atoms with Crippen molar-refractivity contribution in [3.63, 3.8) is 0 Å². The van der Waals surface area contributed by atoms with Crippen molar-refractivity contribution >= 4 is 0 Å². The first-order chi connectivity index (χ1) is 10.3. The Kier molecular flexibility index (Phi) is 4.11. The number of ether oxygens (including phenoxy) is 2. The van der Waals surface area contributed by atoms with E-state index in [1.807, 2.05) is 30.3 Å². The van der Waals surface area contributed by atoms with E-state index >= 15 is 0 Å². The Hall–Kier alpha value is -2.00. The molecular weight excluding hydrogens is 264 g/mol. The molecule has 0 aromatic heterocycles. The lowest BCUT2D eigenvalue weighted by molar-refractivity contribution is 0.163. The molecule has 0 radical (unpaired) electrons. The van der Waals surface area contributed by atoms with Gasteiger partial charge in [-0.2, -0.15) is 0 Å². The van der Waals surface area contributed by atoms with E-state index in [-0.39, 0.29) is 0 Å². The Morgan fingerprint density at radius 1 is 1.24 bits per heavy atom. The quantitative estimate of drug-likeness (QED) is 0.915. The Bertz CT molecular complexity index is 622. The highest BCUT2D eigenvalue weighted by molar-refractivity contribution is 5.40. The SMILES string of the molecule is COc1ccccc1C(O)CCc1ccc2c(c1)CCO2. The standard InChI is InChI=1S/C18H20O3/c1-20-18-5-3-2-4-15(18)16(19)8-6-13-7-9-17-14(12-13)10-11-21-17/h2-5,7,9,12,16,19H,6,8,10-11H2,1H3. The molecule has 1 unspecified atom stereocenters. The van der Waals surface area contributed by atoms with Gasteiger partial charge in [0.2, 0.25) is 0 Å². The van der Waals surface area contributed by atoms with E-state index in [1.54, 1.807) is 7.11 Å².